The molecule has 606 valence electrons. The number of carbonyl (C=O) groups excluding carboxylic acids is 4. The molecule has 0 aliphatic carbocycles. The Hall–Kier alpha value is -1.94. The summed E-state index contributed by atoms with van der Waals surface area (Å²) < 4.78 is 68.7. The molecule has 0 rings (SSSR count). The van der Waals surface area contributed by atoms with Gasteiger partial charge in [-0.3, -0.25) is 37.3 Å². The topological polar surface area (TPSA) is 237 Å². The fourth-order valence-electron chi connectivity index (χ4n) is 12.8. The molecule has 17 nitrogen and oxygen atoms in total. The first kappa shape index (κ1) is 100. The molecular formula is C83H162O17P2. The Labute approximate surface area is 626 Å². The van der Waals surface area contributed by atoms with Gasteiger partial charge in [-0.25, -0.2) is 9.13 Å². The van der Waals surface area contributed by atoms with Gasteiger partial charge in [0.2, 0.25) is 0 Å². The third-order valence-electron chi connectivity index (χ3n) is 19.7. The second-order valence-electron chi connectivity index (χ2n) is 31.1. The first-order chi connectivity index (χ1) is 49.3. The summed E-state index contributed by atoms with van der Waals surface area (Å²) >= 11 is 0. The number of phosphoric acid groups is 2. The van der Waals surface area contributed by atoms with Crippen molar-refractivity contribution in [3.63, 3.8) is 0 Å². The van der Waals surface area contributed by atoms with Crippen LogP contribution in [0, 0.1) is 17.8 Å². The third-order valence-corrected chi connectivity index (χ3v) is 21.6. The molecular weight excluding hydrogens is 1330 g/mol. The molecule has 3 unspecified atom stereocenters. The number of unbranched alkanes of at least 4 members (excludes halogenated alkanes) is 48. The smallest absolute Gasteiger partial charge is 0.462 e. The summed E-state index contributed by atoms with van der Waals surface area (Å²) in [5, 5.41) is 10.6. The maximum atomic E-state index is 13.1. The van der Waals surface area contributed by atoms with E-state index < -0.39 is 97.5 Å². The van der Waals surface area contributed by atoms with E-state index in [9.17, 15) is 43.2 Å². The molecule has 19 heteroatoms. The summed E-state index contributed by atoms with van der Waals surface area (Å²) in [5.74, 6) is 0.169. The van der Waals surface area contributed by atoms with Crippen molar-refractivity contribution in [1.29, 1.82) is 0 Å². The highest BCUT2D eigenvalue weighted by Crippen LogP contribution is 2.45. The Kier molecular flexibility index (Phi) is 71.8. The van der Waals surface area contributed by atoms with Crippen molar-refractivity contribution in [2.24, 2.45) is 17.8 Å². The molecule has 6 atom stereocenters. The minimum atomic E-state index is -4.96. The highest BCUT2D eigenvalue weighted by Gasteiger charge is 2.30. The molecule has 102 heavy (non-hydrogen) atoms. The van der Waals surface area contributed by atoms with E-state index in [1.165, 1.54) is 238 Å². The van der Waals surface area contributed by atoms with Crippen LogP contribution >= 0.6 is 15.6 Å². The number of aliphatic hydroxyl groups is 1. The predicted molar refractivity (Wildman–Crippen MR) is 418 cm³/mol. The first-order valence-electron chi connectivity index (χ1n) is 42.9. The Balaban J connectivity index is 5.21. The van der Waals surface area contributed by atoms with Crippen LogP contribution in [0.5, 0.6) is 0 Å². The van der Waals surface area contributed by atoms with Gasteiger partial charge < -0.3 is 33.8 Å². The number of aliphatic hydroxyl groups excluding tert-OH is 1. The van der Waals surface area contributed by atoms with Crippen molar-refractivity contribution in [3.8, 4) is 0 Å². The van der Waals surface area contributed by atoms with Gasteiger partial charge in [0.1, 0.15) is 19.3 Å². The number of phosphoric ester groups is 2. The molecule has 0 saturated carbocycles. The van der Waals surface area contributed by atoms with Gasteiger partial charge in [-0.05, 0) is 43.4 Å². The zero-order valence-electron chi connectivity index (χ0n) is 67.1. The molecule has 3 N–H and O–H groups in total. The van der Waals surface area contributed by atoms with E-state index in [0.29, 0.717) is 31.6 Å². The van der Waals surface area contributed by atoms with Crippen molar-refractivity contribution >= 4 is 39.5 Å². The largest absolute Gasteiger partial charge is 0.472 e. The summed E-state index contributed by atoms with van der Waals surface area (Å²) in [6.07, 6.45) is 62.7. The van der Waals surface area contributed by atoms with Gasteiger partial charge in [0.15, 0.2) is 12.2 Å². The van der Waals surface area contributed by atoms with Crippen molar-refractivity contribution in [2.75, 3.05) is 39.6 Å². The lowest BCUT2D eigenvalue weighted by Gasteiger charge is -2.21. The number of hydrogen-bond donors (Lipinski definition) is 3. The molecule has 0 aromatic carbocycles. The van der Waals surface area contributed by atoms with Gasteiger partial charge in [0, 0.05) is 25.7 Å². The minimum absolute atomic E-state index is 0.105. The molecule has 0 saturated heterocycles. The van der Waals surface area contributed by atoms with Crippen LogP contribution in [0.3, 0.4) is 0 Å². The SMILES string of the molecule is CCCCCCCCCCCCCCCCCCCCCCCCC(=O)O[C@H](COC(=O)CCCCCCCCCCCCCCCCC(C)C)COP(=O)(O)OC[C@@H](O)COP(=O)(O)OC[C@@H](COC(=O)CCCCCCCCC(C)C)OC(=O)CCCCCCCCCCCCC(C)CC. The summed E-state index contributed by atoms with van der Waals surface area (Å²) in [7, 11) is -9.92. The van der Waals surface area contributed by atoms with E-state index in [1.807, 2.05) is 0 Å². The van der Waals surface area contributed by atoms with Crippen LogP contribution in [0.1, 0.15) is 434 Å². The van der Waals surface area contributed by atoms with E-state index in [4.69, 9.17) is 37.0 Å². The summed E-state index contributed by atoms with van der Waals surface area (Å²) in [4.78, 5) is 73.0. The van der Waals surface area contributed by atoms with Crippen molar-refractivity contribution < 1.29 is 80.2 Å². The fourth-order valence-corrected chi connectivity index (χ4v) is 14.4. The normalized spacial score (nSPS) is 14.2. The summed E-state index contributed by atoms with van der Waals surface area (Å²) in [5.41, 5.74) is 0. The van der Waals surface area contributed by atoms with E-state index in [-0.39, 0.29) is 25.7 Å². The van der Waals surface area contributed by atoms with E-state index in [1.54, 1.807) is 0 Å². The number of carbonyl (C=O) groups is 4. The molecule has 0 aromatic heterocycles. The summed E-state index contributed by atoms with van der Waals surface area (Å²) in [6.45, 7) is 11.9. The van der Waals surface area contributed by atoms with Crippen LogP contribution in [0.4, 0.5) is 0 Å². The minimum Gasteiger partial charge on any atom is -0.462 e. The van der Waals surface area contributed by atoms with Crippen molar-refractivity contribution in [1.82, 2.24) is 0 Å². The lowest BCUT2D eigenvalue weighted by Crippen LogP contribution is -2.30. The standard InChI is InChI=1S/C83H162O17P2/c1-8-10-11-12-13-14-15-16-17-18-19-20-21-22-23-24-29-32-38-43-52-59-66-82(87)99-78(70-93-80(85)64-57-50-42-37-31-28-26-25-27-30-35-40-47-54-61-74(3)4)72-97-101(89,90)95-68-77(84)69-96-102(91,92)98-73-79(71-94-81(86)65-58-51-46-45-48-55-62-75(5)6)100-83(88)67-60-53-44-39-34-33-36-41-49-56-63-76(7)9-2/h74-79,84H,8-73H2,1-7H3,(H,89,90)(H,91,92)/t76?,77-,78-,79-/m1/s1. The van der Waals surface area contributed by atoms with E-state index >= 15 is 0 Å². The number of hydrogen-bond acceptors (Lipinski definition) is 15. The van der Waals surface area contributed by atoms with Gasteiger partial charge in [-0.1, -0.05) is 382 Å². The lowest BCUT2D eigenvalue weighted by atomic mass is 9.99. The van der Waals surface area contributed by atoms with Crippen LogP contribution in [-0.4, -0.2) is 96.7 Å². The van der Waals surface area contributed by atoms with Crippen LogP contribution in [0.2, 0.25) is 0 Å². The van der Waals surface area contributed by atoms with Crippen molar-refractivity contribution in [2.45, 2.75) is 452 Å². The molecule has 0 fully saturated rings. The average molecular weight is 1490 g/mol. The van der Waals surface area contributed by atoms with E-state index in [0.717, 1.165) is 108 Å². The predicted octanol–water partition coefficient (Wildman–Crippen LogP) is 24.9. The maximum Gasteiger partial charge on any atom is 0.472 e. The molecule has 0 radical (unpaired) electrons. The van der Waals surface area contributed by atoms with Crippen molar-refractivity contribution in [3.05, 3.63) is 0 Å². The molecule has 0 aliphatic rings. The van der Waals surface area contributed by atoms with Gasteiger partial charge >= 0.3 is 39.5 Å². The fraction of sp³-hybridized carbons (Fsp3) is 0.952. The Morgan fingerprint density at radius 2 is 0.500 bits per heavy atom. The highest BCUT2D eigenvalue weighted by molar-refractivity contribution is 7.47. The summed E-state index contributed by atoms with van der Waals surface area (Å²) in [6, 6.07) is 0. The Morgan fingerprint density at radius 3 is 0.745 bits per heavy atom. The molecule has 0 heterocycles. The Bertz CT molecular complexity index is 1980. The second-order valence-corrected chi connectivity index (χ2v) is 34.0. The maximum absolute atomic E-state index is 13.1. The second kappa shape index (κ2) is 73.2. The number of ether oxygens (including phenoxy) is 4. The highest BCUT2D eigenvalue weighted by atomic mass is 31.2. The monoisotopic (exact) mass is 1490 g/mol. The molecule has 0 aromatic rings. The first-order valence-corrected chi connectivity index (χ1v) is 45.9. The molecule has 0 aliphatic heterocycles. The van der Waals surface area contributed by atoms with E-state index in [2.05, 4.69) is 48.5 Å². The van der Waals surface area contributed by atoms with Crippen LogP contribution < -0.4 is 0 Å². The number of esters is 4. The molecule has 0 spiro atoms. The van der Waals surface area contributed by atoms with Gasteiger partial charge in [-0.2, -0.15) is 0 Å². The van der Waals surface area contributed by atoms with Gasteiger partial charge in [-0.15, -0.1) is 0 Å². The van der Waals surface area contributed by atoms with Crippen LogP contribution in [0.25, 0.3) is 0 Å². The zero-order chi connectivity index (χ0) is 75.1. The average Bonchev–Trinajstić information content (AvgIpc) is 1.08. The third kappa shape index (κ3) is 74.9. The lowest BCUT2D eigenvalue weighted by molar-refractivity contribution is -0.161. The van der Waals surface area contributed by atoms with Crippen LogP contribution in [0.15, 0.2) is 0 Å². The van der Waals surface area contributed by atoms with Gasteiger partial charge in [0.05, 0.1) is 26.4 Å². The number of rotatable bonds is 81. The van der Waals surface area contributed by atoms with Gasteiger partial charge in [0.25, 0.3) is 0 Å². The zero-order valence-corrected chi connectivity index (χ0v) is 68.9. The van der Waals surface area contributed by atoms with Crippen LogP contribution in [-0.2, 0) is 65.4 Å². The molecule has 0 amide bonds. The quantitative estimate of drug-likeness (QED) is 0.0222. The Morgan fingerprint density at radius 1 is 0.284 bits per heavy atom. The molecule has 0 bridgehead atoms.